The van der Waals surface area contributed by atoms with E-state index in [1.165, 1.54) is 0 Å². The molecule has 3 heterocycles. The van der Waals surface area contributed by atoms with Crippen LogP contribution in [0.5, 0.6) is 5.88 Å². The van der Waals surface area contributed by atoms with Gasteiger partial charge in [0.1, 0.15) is 0 Å². The average molecular weight is 340 g/mol. The fourth-order valence-electron chi connectivity index (χ4n) is 4.83. The summed E-state index contributed by atoms with van der Waals surface area (Å²) in [6, 6.07) is 9.77. The summed E-state index contributed by atoms with van der Waals surface area (Å²) in [5, 5.41) is 10.8. The first-order valence-electron chi connectivity index (χ1n) is 9.01. The van der Waals surface area contributed by atoms with E-state index in [4.69, 9.17) is 4.74 Å². The zero-order valence-electron chi connectivity index (χ0n) is 14.7. The first kappa shape index (κ1) is 16.3. The zero-order chi connectivity index (χ0) is 17.6. The first-order chi connectivity index (χ1) is 12.1. The van der Waals surface area contributed by atoms with E-state index in [1.807, 2.05) is 29.2 Å². The lowest BCUT2D eigenvalue weighted by molar-refractivity contribution is 0.0558. The minimum absolute atomic E-state index is 0.0353. The Bertz CT molecular complexity index is 816. The lowest BCUT2D eigenvalue weighted by atomic mass is 9.72. The normalized spacial score (nSPS) is 27.9. The van der Waals surface area contributed by atoms with Gasteiger partial charge in [0, 0.05) is 29.0 Å². The van der Waals surface area contributed by atoms with Crippen molar-refractivity contribution in [2.75, 3.05) is 13.7 Å². The van der Waals surface area contributed by atoms with Crippen LogP contribution in [0.3, 0.4) is 0 Å². The summed E-state index contributed by atoms with van der Waals surface area (Å²) in [6.07, 6.45) is 3.80. The van der Waals surface area contributed by atoms with Crippen LogP contribution in [-0.2, 0) is 0 Å². The predicted octanol–water partition coefficient (Wildman–Crippen LogP) is 3.01. The number of aliphatic hydroxyl groups excluding tert-OH is 1. The number of fused-ring (bicyclic) bond motifs is 3. The Morgan fingerprint density at radius 1 is 1.40 bits per heavy atom. The number of carbonyl (C=O) groups excluding carboxylic acids is 1. The third kappa shape index (κ3) is 2.33. The minimum Gasteiger partial charge on any atom is -0.481 e. The van der Waals surface area contributed by atoms with Gasteiger partial charge in [0.2, 0.25) is 5.88 Å². The van der Waals surface area contributed by atoms with E-state index in [2.05, 4.69) is 11.9 Å². The molecule has 0 spiro atoms. The van der Waals surface area contributed by atoms with Crippen molar-refractivity contribution in [1.82, 2.24) is 9.88 Å². The molecule has 25 heavy (non-hydrogen) atoms. The number of hydrogen-bond donors (Lipinski definition) is 1. The lowest BCUT2D eigenvalue weighted by Crippen LogP contribution is -2.42. The number of pyridine rings is 1. The average Bonchev–Trinajstić information content (AvgIpc) is 3.22. The van der Waals surface area contributed by atoms with Crippen LogP contribution in [0.4, 0.5) is 0 Å². The Kier molecular flexibility index (Phi) is 3.91. The van der Waals surface area contributed by atoms with Crippen molar-refractivity contribution in [2.24, 2.45) is 5.41 Å². The molecule has 5 nitrogen and oxygen atoms in total. The molecule has 0 saturated carbocycles. The lowest BCUT2D eigenvalue weighted by Gasteiger charge is -2.34. The van der Waals surface area contributed by atoms with Crippen LogP contribution in [0, 0.1) is 5.41 Å². The number of nitrogens with zero attached hydrogens (tertiary/aromatic N) is 2. The number of aliphatic hydroxyl groups is 1. The highest BCUT2D eigenvalue weighted by atomic mass is 16.5. The maximum absolute atomic E-state index is 13.5. The number of methoxy groups -OCH3 is 1. The number of aromatic nitrogens is 1. The summed E-state index contributed by atoms with van der Waals surface area (Å²) in [7, 11) is 1.57. The van der Waals surface area contributed by atoms with Crippen LogP contribution in [0.1, 0.15) is 43.0 Å². The highest BCUT2D eigenvalue weighted by Gasteiger charge is 2.56. The molecule has 132 valence electrons. The second kappa shape index (κ2) is 5.99. The van der Waals surface area contributed by atoms with Crippen LogP contribution in [0.2, 0.25) is 0 Å². The maximum atomic E-state index is 13.5. The highest BCUT2D eigenvalue weighted by molar-refractivity contribution is 6.07. The molecule has 1 N–H and O–H groups in total. The Morgan fingerprint density at radius 2 is 2.20 bits per heavy atom. The molecule has 0 aliphatic carbocycles. The fourth-order valence-corrected chi connectivity index (χ4v) is 4.83. The van der Waals surface area contributed by atoms with Crippen LogP contribution in [0.15, 0.2) is 30.3 Å². The fraction of sp³-hybridized carbons (Fsp3) is 0.500. The van der Waals surface area contributed by atoms with E-state index < -0.39 is 0 Å². The molecular weight excluding hydrogens is 316 g/mol. The van der Waals surface area contributed by atoms with E-state index in [9.17, 15) is 9.90 Å². The van der Waals surface area contributed by atoms with Crippen molar-refractivity contribution in [1.29, 1.82) is 0 Å². The number of para-hydroxylation sites is 1. The number of amides is 1. The van der Waals surface area contributed by atoms with Crippen molar-refractivity contribution in [3.05, 3.63) is 35.9 Å². The van der Waals surface area contributed by atoms with Crippen molar-refractivity contribution in [2.45, 2.75) is 44.7 Å². The molecule has 1 aromatic heterocycles. The van der Waals surface area contributed by atoms with Gasteiger partial charge < -0.3 is 14.7 Å². The molecule has 2 aliphatic heterocycles. The molecule has 0 radical (unpaired) electrons. The molecule has 4 rings (SSSR count). The van der Waals surface area contributed by atoms with Crippen molar-refractivity contribution < 1.29 is 14.6 Å². The Labute approximate surface area is 147 Å². The minimum atomic E-state index is -0.147. The van der Waals surface area contributed by atoms with Crippen molar-refractivity contribution in [3.8, 4) is 5.88 Å². The second-order valence-electron chi connectivity index (χ2n) is 7.27. The molecule has 0 unspecified atom stereocenters. The Balaban J connectivity index is 1.79. The number of rotatable bonds is 4. The molecule has 1 amide bonds. The van der Waals surface area contributed by atoms with E-state index in [-0.39, 0.29) is 30.0 Å². The van der Waals surface area contributed by atoms with Gasteiger partial charge in [-0.1, -0.05) is 25.1 Å². The SMILES string of the molecule is CC[C@@]1(CO)C[C@@H]2CC[C@H]1N2C(=O)c1cc(OC)nc2ccccc12. The molecule has 3 atom stereocenters. The molecule has 2 aromatic rings. The maximum Gasteiger partial charge on any atom is 0.255 e. The first-order valence-corrected chi connectivity index (χ1v) is 9.01. The molecule has 2 fully saturated rings. The molecule has 5 heteroatoms. The molecular formula is C20H24N2O3. The zero-order valence-corrected chi connectivity index (χ0v) is 14.7. The van der Waals surface area contributed by atoms with E-state index in [1.54, 1.807) is 13.2 Å². The third-order valence-corrected chi connectivity index (χ3v) is 6.24. The summed E-state index contributed by atoms with van der Waals surface area (Å²) in [5.41, 5.74) is 1.26. The number of hydrogen-bond acceptors (Lipinski definition) is 4. The van der Waals surface area contributed by atoms with E-state index in [0.717, 1.165) is 36.6 Å². The largest absolute Gasteiger partial charge is 0.481 e. The summed E-state index contributed by atoms with van der Waals surface area (Å²) in [4.78, 5) is 19.9. The van der Waals surface area contributed by atoms with Gasteiger partial charge >= 0.3 is 0 Å². The van der Waals surface area contributed by atoms with Crippen molar-refractivity contribution in [3.63, 3.8) is 0 Å². The van der Waals surface area contributed by atoms with Gasteiger partial charge in [-0.2, -0.15) is 0 Å². The predicted molar refractivity (Wildman–Crippen MR) is 95.7 cm³/mol. The van der Waals surface area contributed by atoms with Crippen LogP contribution < -0.4 is 4.74 Å². The second-order valence-corrected chi connectivity index (χ2v) is 7.27. The quantitative estimate of drug-likeness (QED) is 0.929. The summed E-state index contributed by atoms with van der Waals surface area (Å²) < 4.78 is 5.31. The van der Waals surface area contributed by atoms with Crippen LogP contribution >= 0.6 is 0 Å². The van der Waals surface area contributed by atoms with Gasteiger partial charge in [0.15, 0.2) is 0 Å². The van der Waals surface area contributed by atoms with Gasteiger partial charge in [-0.3, -0.25) is 4.79 Å². The third-order valence-electron chi connectivity index (χ3n) is 6.24. The van der Waals surface area contributed by atoms with Gasteiger partial charge in [-0.05, 0) is 31.7 Å². The topological polar surface area (TPSA) is 62.7 Å². The van der Waals surface area contributed by atoms with E-state index >= 15 is 0 Å². The summed E-state index contributed by atoms with van der Waals surface area (Å²) >= 11 is 0. The summed E-state index contributed by atoms with van der Waals surface area (Å²) in [5.74, 6) is 0.491. The van der Waals surface area contributed by atoms with Gasteiger partial charge in [-0.25, -0.2) is 4.98 Å². The smallest absolute Gasteiger partial charge is 0.255 e. The van der Waals surface area contributed by atoms with Gasteiger partial charge in [0.05, 0.1) is 24.8 Å². The number of ether oxygens (including phenoxy) is 1. The standard InChI is InChI=1S/C20H24N2O3/c1-3-20(12-23)11-13-8-9-17(20)22(13)19(24)15-10-18(25-2)21-16-7-5-4-6-14(15)16/h4-7,10,13,17,23H,3,8-9,11-12H2,1-2H3/t13-,17+,20-/m0/s1. The summed E-state index contributed by atoms with van der Waals surface area (Å²) in [6.45, 7) is 2.26. The monoisotopic (exact) mass is 340 g/mol. The molecule has 2 saturated heterocycles. The highest BCUT2D eigenvalue weighted by Crippen LogP contribution is 2.52. The Hall–Kier alpha value is -2.14. The number of benzene rings is 1. The molecule has 1 aromatic carbocycles. The molecule has 2 bridgehead atoms. The van der Waals surface area contributed by atoms with Gasteiger partial charge in [0.25, 0.3) is 5.91 Å². The Morgan fingerprint density at radius 3 is 2.88 bits per heavy atom. The number of carbonyl (C=O) groups is 1. The van der Waals surface area contributed by atoms with Crippen LogP contribution in [0.25, 0.3) is 10.9 Å². The van der Waals surface area contributed by atoms with Crippen molar-refractivity contribution >= 4 is 16.8 Å². The molecule has 2 aliphatic rings. The van der Waals surface area contributed by atoms with Gasteiger partial charge in [-0.15, -0.1) is 0 Å². The van der Waals surface area contributed by atoms with Crippen LogP contribution in [-0.4, -0.2) is 46.7 Å². The van der Waals surface area contributed by atoms with E-state index in [0.29, 0.717) is 11.4 Å².